The highest BCUT2D eigenvalue weighted by molar-refractivity contribution is 9.10. The molecule has 8 rings (SSSR count). The Morgan fingerprint density at radius 1 is 0.853 bits per heavy atom. The number of thiophene rings is 1. The number of thiazole rings is 1. The summed E-state index contributed by atoms with van der Waals surface area (Å²) >= 11 is 6.71. The van der Waals surface area contributed by atoms with Gasteiger partial charge in [0, 0.05) is 66.9 Å². The number of rotatable bonds is 18. The Morgan fingerprint density at radius 3 is 2.19 bits per heavy atom. The van der Waals surface area contributed by atoms with Gasteiger partial charge in [0.25, 0.3) is 0 Å². The van der Waals surface area contributed by atoms with Crippen LogP contribution in [-0.2, 0) is 25.7 Å². The van der Waals surface area contributed by atoms with E-state index in [9.17, 15) is 19.5 Å². The Hall–Kier alpha value is -5.36. The number of benzene rings is 4. The van der Waals surface area contributed by atoms with E-state index in [1.165, 1.54) is 0 Å². The first-order chi connectivity index (χ1) is 32.8. The fraction of sp³-hybridized carbons (Fsp3) is 0.385. The number of phenols is 1. The Morgan fingerprint density at radius 2 is 1.51 bits per heavy atom. The minimum absolute atomic E-state index is 0.154. The number of ether oxygens (including phenoxy) is 3. The van der Waals surface area contributed by atoms with E-state index in [0.717, 1.165) is 90.9 Å². The second-order valence-electron chi connectivity index (χ2n) is 18.3. The molecule has 2 fully saturated rings. The molecule has 0 aliphatic carbocycles. The van der Waals surface area contributed by atoms with Gasteiger partial charge in [-0.15, -0.1) is 22.7 Å². The van der Waals surface area contributed by atoms with E-state index < -0.39 is 17.5 Å². The van der Waals surface area contributed by atoms with Crippen molar-refractivity contribution in [2.45, 2.75) is 59.2 Å². The summed E-state index contributed by atoms with van der Waals surface area (Å²) in [5.41, 5.74) is 5.34. The summed E-state index contributed by atoms with van der Waals surface area (Å²) in [7, 11) is 0. The molecule has 0 saturated carbocycles. The van der Waals surface area contributed by atoms with Crippen LogP contribution in [0.2, 0.25) is 0 Å². The minimum Gasteiger partial charge on any atom is -0.508 e. The average molecular weight is 1020 g/mol. The molecule has 68 heavy (non-hydrogen) atoms. The van der Waals surface area contributed by atoms with Crippen molar-refractivity contribution in [3.05, 3.63) is 112 Å². The monoisotopic (exact) mass is 1020 g/mol. The zero-order valence-corrected chi connectivity index (χ0v) is 42.2. The number of fused-ring (bicyclic) bond motifs is 1. The molecule has 2 atom stereocenters. The maximum atomic E-state index is 14.0. The van der Waals surface area contributed by atoms with Gasteiger partial charge in [-0.25, -0.2) is 4.98 Å². The van der Waals surface area contributed by atoms with Crippen molar-refractivity contribution >= 4 is 66.4 Å². The number of carbonyl (C=O) groups is 3. The number of phenolic OH excluding ortho intramolecular Hbond substituents is 1. The van der Waals surface area contributed by atoms with Crippen LogP contribution < -0.4 is 20.1 Å². The molecule has 0 radical (unpaired) electrons. The fourth-order valence-corrected chi connectivity index (χ4v) is 10.8. The average Bonchev–Trinajstić information content (AvgIpc) is 4.09. The number of nitrogens with zero attached hydrogens (tertiary/aromatic N) is 4. The van der Waals surface area contributed by atoms with Gasteiger partial charge in [-0.05, 0) is 96.5 Å². The number of halogens is 1. The van der Waals surface area contributed by atoms with Gasteiger partial charge in [0.2, 0.25) is 17.7 Å². The predicted molar refractivity (Wildman–Crippen MR) is 273 cm³/mol. The fourth-order valence-electron chi connectivity index (χ4n) is 8.54. The van der Waals surface area contributed by atoms with Gasteiger partial charge in [0.05, 0.1) is 27.6 Å². The van der Waals surface area contributed by atoms with E-state index in [4.69, 9.17) is 14.2 Å². The third-order valence-corrected chi connectivity index (χ3v) is 15.1. The Balaban J connectivity index is 0.726. The van der Waals surface area contributed by atoms with Gasteiger partial charge < -0.3 is 34.9 Å². The van der Waals surface area contributed by atoms with Gasteiger partial charge >= 0.3 is 0 Å². The highest BCUT2D eigenvalue weighted by Gasteiger charge is 2.42. The summed E-state index contributed by atoms with van der Waals surface area (Å²) in [4.78, 5) is 53.4. The molecular formula is C52H59BrN6O7S2. The molecule has 0 spiro atoms. The van der Waals surface area contributed by atoms with E-state index in [0.29, 0.717) is 51.4 Å². The number of nitrogens with one attached hydrogen (secondary N) is 2. The molecule has 3 N–H and O–H groups in total. The van der Waals surface area contributed by atoms with Crippen LogP contribution in [-0.4, -0.2) is 120 Å². The topological polar surface area (TPSA) is 146 Å². The molecule has 2 aliphatic heterocycles. The van der Waals surface area contributed by atoms with Gasteiger partial charge in [-0.1, -0.05) is 73.1 Å². The van der Waals surface area contributed by atoms with Crippen LogP contribution in [0.1, 0.15) is 44.9 Å². The molecular weight excluding hydrogens is 965 g/mol. The van der Waals surface area contributed by atoms with E-state index in [2.05, 4.69) is 53.5 Å². The van der Waals surface area contributed by atoms with Crippen LogP contribution in [0.15, 0.2) is 101 Å². The number of piperazine rings is 1. The van der Waals surface area contributed by atoms with Gasteiger partial charge in [-0.2, -0.15) is 0 Å². The predicted octanol–water partition coefficient (Wildman–Crippen LogP) is 9.11. The largest absolute Gasteiger partial charge is 0.508 e. The standard InChI is InChI=1S/C52H59BrN6O7S2/c1-34-47(67-33-55-34)36-9-7-35(8-10-36)31-54-50(62)43-6-5-21-59(43)51(63)49(52(2,3)4)56-45(61)32-64-28-26-57-22-24-58(25-23-57)27-29-65-40-16-18-41(19-17-40)66-46-42-20-15-39(60)30-44(42)68-48(46)37-11-13-38(53)14-12-37/h7-20,30,33,43,49,60H,5-6,21-29,31-32H2,1-4H3,(H,54,62)(H,56,61)/t43-,49?/m0/s1. The first-order valence-corrected chi connectivity index (χ1v) is 25.6. The Labute approximate surface area is 414 Å². The Bertz CT molecular complexity index is 2660. The number of amides is 3. The molecule has 358 valence electrons. The summed E-state index contributed by atoms with van der Waals surface area (Å²) in [5, 5.41) is 17.0. The molecule has 6 aromatic rings. The van der Waals surface area contributed by atoms with Crippen LogP contribution in [0, 0.1) is 12.3 Å². The summed E-state index contributed by atoms with van der Waals surface area (Å²) in [5.74, 6) is 1.63. The minimum atomic E-state index is -0.813. The van der Waals surface area contributed by atoms with Crippen molar-refractivity contribution in [2.24, 2.45) is 5.41 Å². The van der Waals surface area contributed by atoms with Crippen molar-refractivity contribution in [3.8, 4) is 43.9 Å². The lowest BCUT2D eigenvalue weighted by Gasteiger charge is -2.35. The normalized spacial score (nSPS) is 16.2. The molecule has 2 aliphatic rings. The zero-order valence-electron chi connectivity index (χ0n) is 39.0. The zero-order chi connectivity index (χ0) is 47.8. The van der Waals surface area contributed by atoms with Crippen molar-refractivity contribution in [3.63, 3.8) is 0 Å². The highest BCUT2D eigenvalue weighted by atomic mass is 79.9. The van der Waals surface area contributed by atoms with E-state index in [-0.39, 0.29) is 30.1 Å². The first kappa shape index (κ1) is 49.1. The number of hydrogen-bond acceptors (Lipinski definition) is 12. The number of aromatic nitrogens is 1. The van der Waals surface area contributed by atoms with Crippen molar-refractivity contribution in [1.82, 2.24) is 30.3 Å². The van der Waals surface area contributed by atoms with Crippen LogP contribution in [0.5, 0.6) is 23.0 Å². The second-order valence-corrected chi connectivity index (χ2v) is 21.2. The molecule has 4 heterocycles. The third kappa shape index (κ3) is 12.4. The highest BCUT2D eigenvalue weighted by Crippen LogP contribution is 2.47. The van der Waals surface area contributed by atoms with Gasteiger partial charge in [0.1, 0.15) is 42.5 Å². The molecule has 2 saturated heterocycles. The molecule has 0 bridgehead atoms. The van der Waals surface area contributed by atoms with Gasteiger partial charge in [0.15, 0.2) is 5.75 Å². The number of carbonyl (C=O) groups excluding carboxylic acids is 3. The molecule has 4 aromatic carbocycles. The summed E-state index contributed by atoms with van der Waals surface area (Å²) in [6.45, 7) is 14.4. The van der Waals surface area contributed by atoms with E-state index in [1.54, 1.807) is 39.7 Å². The third-order valence-electron chi connectivity index (χ3n) is 12.4. The molecule has 2 aromatic heterocycles. The lowest BCUT2D eigenvalue weighted by atomic mass is 9.85. The number of hydrogen-bond donors (Lipinski definition) is 3. The number of likely N-dealkylation sites (tertiary alicyclic amines) is 1. The van der Waals surface area contributed by atoms with Crippen molar-refractivity contribution in [1.29, 1.82) is 0 Å². The number of aryl methyl sites for hydroxylation is 1. The molecule has 3 amide bonds. The Kier molecular flexibility index (Phi) is 16.2. The summed E-state index contributed by atoms with van der Waals surface area (Å²) in [6, 6.07) is 27.8. The van der Waals surface area contributed by atoms with Gasteiger partial charge in [-0.3, -0.25) is 24.2 Å². The first-order valence-electron chi connectivity index (χ1n) is 23.1. The SMILES string of the molecule is Cc1ncsc1-c1ccc(CNC(=O)[C@@H]2CCCN2C(=O)C(NC(=O)COCCN2CCN(CCOc3ccc(Oc4c(-c5ccc(Br)cc5)sc5cc(O)ccc45)cc3)CC2)C(C)(C)C)cc1. The maximum Gasteiger partial charge on any atom is 0.246 e. The summed E-state index contributed by atoms with van der Waals surface area (Å²) < 4.78 is 20.4. The van der Waals surface area contributed by atoms with Crippen LogP contribution in [0.4, 0.5) is 0 Å². The lowest BCUT2D eigenvalue weighted by Crippen LogP contribution is -2.58. The smallest absolute Gasteiger partial charge is 0.246 e. The van der Waals surface area contributed by atoms with Crippen LogP contribution >= 0.6 is 38.6 Å². The molecule has 13 nitrogen and oxygen atoms in total. The lowest BCUT2D eigenvalue weighted by molar-refractivity contribution is -0.144. The van der Waals surface area contributed by atoms with Crippen molar-refractivity contribution < 1.29 is 33.7 Å². The molecule has 16 heteroatoms. The number of aromatic hydroxyl groups is 1. The molecule has 1 unspecified atom stereocenters. The van der Waals surface area contributed by atoms with Crippen LogP contribution in [0.3, 0.4) is 0 Å². The van der Waals surface area contributed by atoms with Crippen molar-refractivity contribution in [2.75, 3.05) is 65.6 Å². The summed E-state index contributed by atoms with van der Waals surface area (Å²) in [6.07, 6.45) is 1.29. The quantitative estimate of drug-likeness (QED) is 0.0713. The van der Waals surface area contributed by atoms with E-state index in [1.807, 2.05) is 99.9 Å². The van der Waals surface area contributed by atoms with Crippen LogP contribution in [0.25, 0.3) is 31.0 Å². The maximum absolute atomic E-state index is 14.0. The second kappa shape index (κ2) is 22.4. The van der Waals surface area contributed by atoms with E-state index >= 15 is 0 Å².